The second-order valence-corrected chi connectivity index (χ2v) is 10.1. The van der Waals surface area contributed by atoms with Gasteiger partial charge in [0.15, 0.2) is 17.0 Å². The maximum Gasteiger partial charge on any atom is 0.359 e. The van der Waals surface area contributed by atoms with E-state index >= 15 is 0 Å². The summed E-state index contributed by atoms with van der Waals surface area (Å²) in [5, 5.41) is 8.87. The normalized spacial score (nSPS) is 10.2. The molecule has 5 aromatic rings. The summed E-state index contributed by atoms with van der Waals surface area (Å²) in [6, 6.07) is 17.7. The van der Waals surface area contributed by atoms with Crippen LogP contribution in [0.15, 0.2) is 85.2 Å². The summed E-state index contributed by atoms with van der Waals surface area (Å²) in [4.78, 5) is 39.1. The number of hydrogen-bond donors (Lipinski definition) is 1. The molecule has 0 atom stereocenters. The van der Waals surface area contributed by atoms with E-state index in [0.717, 1.165) is 6.29 Å². The van der Waals surface area contributed by atoms with E-state index in [1.165, 1.54) is 33.6 Å². The molecule has 0 amide bonds. The monoisotopic (exact) mass is 677 g/mol. The molecule has 2 aromatic carbocycles. The van der Waals surface area contributed by atoms with Crippen LogP contribution in [0.4, 0.5) is 14.6 Å². The Labute approximate surface area is 283 Å². The summed E-state index contributed by atoms with van der Waals surface area (Å²) in [7, 11) is 3.72. The van der Waals surface area contributed by atoms with Crippen LogP contribution in [0.1, 0.15) is 53.4 Å². The molecular weight excluding hydrogens is 636 g/mol. The number of nitrogens with zero attached hydrogens (tertiary/aromatic N) is 6. The first-order valence-corrected chi connectivity index (χ1v) is 14.8. The third-order valence-electron chi connectivity index (χ3n) is 6.29. The fourth-order valence-electron chi connectivity index (χ4n) is 4.12. The summed E-state index contributed by atoms with van der Waals surface area (Å²) in [5.74, 6) is -1.42. The number of carbonyl (C=O) groups excluding carboxylic acids is 3. The number of carbonyl (C=O) groups is 3. The Morgan fingerprint density at radius 2 is 1.43 bits per heavy atom. The number of ether oxygens (including phenoxy) is 2. The highest BCUT2D eigenvalue weighted by atomic mass is 19.1. The number of aldehydes is 1. The second kappa shape index (κ2) is 19.7. The van der Waals surface area contributed by atoms with E-state index in [0.29, 0.717) is 22.2 Å². The highest BCUT2D eigenvalue weighted by molar-refractivity contribution is 6.01. The van der Waals surface area contributed by atoms with Crippen molar-refractivity contribution in [3.05, 3.63) is 119 Å². The van der Waals surface area contributed by atoms with Gasteiger partial charge < -0.3 is 20.1 Å². The van der Waals surface area contributed by atoms with Crippen molar-refractivity contribution < 1.29 is 32.6 Å². The maximum absolute atomic E-state index is 13.8. The number of hydrogen-bond acceptors (Lipinski definition) is 10. The number of esters is 2. The predicted octanol–water partition coefficient (Wildman–Crippen LogP) is 5.52. The number of benzene rings is 2. The average Bonchev–Trinajstić information content (AvgIpc) is 3.63. The maximum atomic E-state index is 13.8. The van der Waals surface area contributed by atoms with Gasteiger partial charge >= 0.3 is 11.9 Å². The lowest BCUT2D eigenvalue weighted by Gasteiger charge is -2.05. The minimum atomic E-state index is -0.540. The van der Waals surface area contributed by atoms with Crippen molar-refractivity contribution in [2.75, 3.05) is 33.0 Å². The number of nitrogens with two attached hydrogens (primary N) is 1. The highest BCUT2D eigenvalue weighted by Crippen LogP contribution is 2.19. The molecule has 0 aliphatic rings. The molecule has 14 heteroatoms. The summed E-state index contributed by atoms with van der Waals surface area (Å²) in [5.41, 5.74) is 7.51. The van der Waals surface area contributed by atoms with Gasteiger partial charge in [-0.1, -0.05) is 43.8 Å². The SMILES string of the molecule is C.CCOC(=O)c1cc(N)n(Cc2ccccc2F)n1.CCOC(=O)c1nn(Cc2ccccc2F)c2ncccc12.CN(C)/C=C/C=O. The van der Waals surface area contributed by atoms with Crippen LogP contribution in [0.2, 0.25) is 0 Å². The van der Waals surface area contributed by atoms with Gasteiger partial charge in [0, 0.05) is 43.7 Å². The first-order chi connectivity index (χ1) is 23.1. The molecule has 0 aliphatic heterocycles. The quantitative estimate of drug-likeness (QED) is 0.114. The van der Waals surface area contributed by atoms with Crippen LogP contribution in [0, 0.1) is 11.6 Å². The van der Waals surface area contributed by atoms with Gasteiger partial charge in [0.2, 0.25) is 0 Å². The van der Waals surface area contributed by atoms with Crippen molar-refractivity contribution >= 4 is 35.1 Å². The zero-order valence-corrected chi connectivity index (χ0v) is 27.0. The lowest BCUT2D eigenvalue weighted by molar-refractivity contribution is -0.104. The van der Waals surface area contributed by atoms with E-state index in [-0.39, 0.29) is 62.6 Å². The predicted molar refractivity (Wildman–Crippen MR) is 183 cm³/mol. The van der Waals surface area contributed by atoms with E-state index < -0.39 is 11.9 Å². The number of allylic oxidation sites excluding steroid dienone is 1. The third-order valence-corrected chi connectivity index (χ3v) is 6.29. The molecule has 0 aliphatic carbocycles. The molecule has 3 aromatic heterocycles. The Hall–Kier alpha value is -5.92. The van der Waals surface area contributed by atoms with Gasteiger partial charge in [-0.2, -0.15) is 10.2 Å². The van der Waals surface area contributed by atoms with E-state index in [2.05, 4.69) is 15.2 Å². The van der Waals surface area contributed by atoms with Crippen molar-refractivity contribution in [2.45, 2.75) is 34.4 Å². The molecular formula is C35H41F2N7O5. The Bertz CT molecular complexity index is 1850. The standard InChI is InChI=1S/C16H14FN3O2.C13H14FN3O2.C5H9NO.CH4/c1-2-22-16(21)14-12-7-5-9-18-15(12)20(19-14)10-11-6-3-4-8-13(11)17;1-2-19-13(18)11-7-12(15)17(16-11)8-9-5-3-4-6-10(9)14;1-6(2)4-3-5-7;/h3-9H,2,10H2,1H3;3-7H,2,8,15H2,1H3;3-5H,1-2H3;1H4/b;;4-3+;. The molecule has 0 unspecified atom stereocenters. The molecule has 3 heterocycles. The summed E-state index contributed by atoms with van der Waals surface area (Å²) in [6.45, 7) is 4.32. The first-order valence-electron chi connectivity index (χ1n) is 14.8. The van der Waals surface area contributed by atoms with Gasteiger partial charge in [0.1, 0.15) is 23.7 Å². The lowest BCUT2D eigenvalue weighted by Crippen LogP contribution is -2.09. The molecule has 260 valence electrons. The Balaban J connectivity index is 0.000000283. The van der Waals surface area contributed by atoms with Crippen LogP contribution in [0.25, 0.3) is 11.0 Å². The van der Waals surface area contributed by atoms with E-state index in [1.54, 1.807) is 79.7 Å². The highest BCUT2D eigenvalue weighted by Gasteiger charge is 2.19. The molecule has 0 spiro atoms. The van der Waals surface area contributed by atoms with Crippen molar-refractivity contribution in [1.82, 2.24) is 29.4 Å². The zero-order valence-electron chi connectivity index (χ0n) is 27.0. The van der Waals surface area contributed by atoms with E-state index in [9.17, 15) is 23.2 Å². The number of anilines is 1. The smallest absolute Gasteiger partial charge is 0.359 e. The van der Waals surface area contributed by atoms with Gasteiger partial charge in [0.25, 0.3) is 0 Å². The molecule has 5 rings (SSSR count). The molecule has 0 saturated carbocycles. The van der Waals surface area contributed by atoms with E-state index in [4.69, 9.17) is 15.2 Å². The molecule has 12 nitrogen and oxygen atoms in total. The molecule has 49 heavy (non-hydrogen) atoms. The molecule has 2 N–H and O–H groups in total. The van der Waals surface area contributed by atoms with Crippen molar-refractivity contribution in [1.29, 1.82) is 0 Å². The number of halogens is 2. The van der Waals surface area contributed by atoms with Crippen LogP contribution in [0.3, 0.4) is 0 Å². The fourth-order valence-corrected chi connectivity index (χ4v) is 4.12. The topological polar surface area (TPSA) is 147 Å². The van der Waals surface area contributed by atoms with Crippen molar-refractivity contribution in [3.63, 3.8) is 0 Å². The minimum Gasteiger partial charge on any atom is -0.461 e. The Kier molecular flexibility index (Phi) is 15.8. The van der Waals surface area contributed by atoms with Crippen LogP contribution >= 0.6 is 0 Å². The average molecular weight is 678 g/mol. The van der Waals surface area contributed by atoms with Gasteiger partial charge in [-0.3, -0.25) is 4.79 Å². The molecule has 0 fully saturated rings. The van der Waals surface area contributed by atoms with E-state index in [1.807, 2.05) is 14.1 Å². The Morgan fingerprint density at radius 1 is 0.857 bits per heavy atom. The molecule has 0 bridgehead atoms. The summed E-state index contributed by atoms with van der Waals surface area (Å²) < 4.78 is 40.0. The molecule has 0 saturated heterocycles. The van der Waals surface area contributed by atoms with Crippen LogP contribution in [-0.2, 0) is 27.4 Å². The first kappa shape index (κ1) is 39.3. The fraction of sp³-hybridized carbons (Fsp3) is 0.257. The number of pyridine rings is 1. The van der Waals surface area contributed by atoms with Crippen molar-refractivity contribution in [3.8, 4) is 0 Å². The van der Waals surface area contributed by atoms with Gasteiger partial charge in [-0.05, 0) is 44.2 Å². The van der Waals surface area contributed by atoms with Gasteiger partial charge in [-0.15, -0.1) is 0 Å². The Morgan fingerprint density at radius 3 is 1.96 bits per heavy atom. The van der Waals surface area contributed by atoms with Crippen LogP contribution < -0.4 is 5.73 Å². The van der Waals surface area contributed by atoms with Gasteiger partial charge in [-0.25, -0.2) is 32.7 Å². The van der Waals surface area contributed by atoms with Gasteiger partial charge in [0.05, 0.1) is 31.7 Å². The molecule has 0 radical (unpaired) electrons. The van der Waals surface area contributed by atoms with Crippen molar-refractivity contribution in [2.24, 2.45) is 0 Å². The minimum absolute atomic E-state index is 0. The largest absolute Gasteiger partial charge is 0.461 e. The number of nitrogen functional groups attached to an aromatic ring is 1. The second-order valence-electron chi connectivity index (χ2n) is 10.1. The zero-order chi connectivity index (χ0) is 35.1. The number of aromatic nitrogens is 5. The van der Waals surface area contributed by atoms with Crippen LogP contribution in [-0.4, -0.2) is 75.0 Å². The number of fused-ring (bicyclic) bond motifs is 1. The van der Waals surface area contributed by atoms with Crippen LogP contribution in [0.5, 0.6) is 0 Å². The summed E-state index contributed by atoms with van der Waals surface area (Å²) in [6.07, 6.45) is 5.49. The lowest BCUT2D eigenvalue weighted by atomic mass is 10.2. The summed E-state index contributed by atoms with van der Waals surface area (Å²) >= 11 is 0. The number of rotatable bonds is 10. The third kappa shape index (κ3) is 11.4.